The summed E-state index contributed by atoms with van der Waals surface area (Å²) in [5.74, 6) is -0.434. The van der Waals surface area contributed by atoms with Crippen molar-refractivity contribution in [2.75, 3.05) is 6.61 Å². The van der Waals surface area contributed by atoms with E-state index in [1.54, 1.807) is 13.3 Å². The second-order valence-corrected chi connectivity index (χ2v) is 6.06. The topological polar surface area (TPSA) is 92.9 Å². The van der Waals surface area contributed by atoms with E-state index < -0.39 is 5.97 Å². The number of ether oxygens (including phenoxy) is 1. The van der Waals surface area contributed by atoms with Crippen molar-refractivity contribution in [2.45, 2.75) is 44.7 Å². The Morgan fingerprint density at radius 1 is 1.36 bits per heavy atom. The molecule has 1 aromatic carbocycles. The lowest BCUT2D eigenvalue weighted by Gasteiger charge is -2.30. The molecule has 3 rings (SSSR count). The van der Waals surface area contributed by atoms with Gasteiger partial charge in [0.2, 0.25) is 0 Å². The van der Waals surface area contributed by atoms with Gasteiger partial charge in [0.05, 0.1) is 24.7 Å². The number of aromatic nitrogens is 2. The molecule has 0 aliphatic heterocycles. The highest BCUT2D eigenvalue weighted by molar-refractivity contribution is 5.94. The minimum absolute atomic E-state index is 0.00414. The average molecular weight is 339 g/mol. The fraction of sp³-hybridized carbons (Fsp3) is 0.444. The van der Waals surface area contributed by atoms with Crippen LogP contribution in [0.25, 0.3) is 21.7 Å². The van der Waals surface area contributed by atoms with Crippen LogP contribution in [0.2, 0.25) is 0 Å². The average Bonchev–Trinajstić information content (AvgIpc) is 3.08. The van der Waals surface area contributed by atoms with Crippen molar-refractivity contribution in [2.24, 2.45) is 5.11 Å². The molecule has 0 bridgehead atoms. The van der Waals surface area contributed by atoms with E-state index in [1.807, 2.05) is 34.9 Å². The number of nitrogens with zero attached hydrogens (tertiary/aromatic N) is 5. The van der Waals surface area contributed by atoms with Crippen molar-refractivity contribution in [3.05, 3.63) is 52.8 Å². The number of hydrogen-bond donors (Lipinski definition) is 0. The Kier molecular flexibility index (Phi) is 5.36. The van der Waals surface area contributed by atoms with E-state index >= 15 is 0 Å². The third-order valence-electron chi connectivity index (χ3n) is 4.56. The lowest BCUT2D eigenvalue weighted by molar-refractivity contribution is 0.0521. The number of azide groups is 1. The molecule has 1 saturated carbocycles. The largest absolute Gasteiger partial charge is 0.461 e. The van der Waals surface area contributed by atoms with E-state index in [-0.39, 0.29) is 12.1 Å². The molecule has 25 heavy (non-hydrogen) atoms. The van der Waals surface area contributed by atoms with Crippen LogP contribution in [0.15, 0.2) is 41.8 Å². The van der Waals surface area contributed by atoms with Gasteiger partial charge in [-0.1, -0.05) is 48.3 Å². The molecule has 1 fully saturated rings. The summed E-state index contributed by atoms with van der Waals surface area (Å²) >= 11 is 0. The molecule has 0 amide bonds. The molecule has 0 N–H and O–H groups in total. The molecule has 130 valence electrons. The zero-order valence-corrected chi connectivity index (χ0v) is 14.2. The van der Waals surface area contributed by atoms with E-state index in [9.17, 15) is 4.79 Å². The summed E-state index contributed by atoms with van der Waals surface area (Å²) in [5, 5.41) is 3.98. The first-order valence-corrected chi connectivity index (χ1v) is 8.59. The van der Waals surface area contributed by atoms with Gasteiger partial charge in [-0.25, -0.2) is 9.78 Å². The first kappa shape index (κ1) is 17.0. The van der Waals surface area contributed by atoms with Gasteiger partial charge in [0.15, 0.2) is 5.69 Å². The number of carbonyl (C=O) groups excluding carboxylic acids is 1. The van der Waals surface area contributed by atoms with Crippen LogP contribution in [-0.2, 0) is 4.74 Å². The van der Waals surface area contributed by atoms with Crippen LogP contribution < -0.4 is 0 Å². The Labute approximate surface area is 146 Å². The third kappa shape index (κ3) is 3.51. The number of hydrogen-bond acceptors (Lipinski definition) is 4. The number of imidazole rings is 1. The molecule has 1 aliphatic carbocycles. The Morgan fingerprint density at radius 3 is 2.84 bits per heavy atom. The molecule has 0 radical (unpaired) electrons. The van der Waals surface area contributed by atoms with E-state index in [1.165, 1.54) is 0 Å². The number of carbonyl (C=O) groups is 1. The minimum Gasteiger partial charge on any atom is -0.461 e. The van der Waals surface area contributed by atoms with Crippen LogP contribution in [0.1, 0.15) is 49.1 Å². The van der Waals surface area contributed by atoms with Crippen molar-refractivity contribution < 1.29 is 9.53 Å². The molecule has 1 aromatic heterocycles. The predicted molar refractivity (Wildman–Crippen MR) is 94.1 cm³/mol. The van der Waals surface area contributed by atoms with Crippen molar-refractivity contribution in [3.8, 4) is 11.3 Å². The van der Waals surface area contributed by atoms with Crippen LogP contribution in [-0.4, -0.2) is 28.2 Å². The Bertz CT molecular complexity index is 780. The quantitative estimate of drug-likeness (QED) is 0.347. The van der Waals surface area contributed by atoms with Gasteiger partial charge in [-0.3, -0.25) is 0 Å². The fourth-order valence-electron chi connectivity index (χ4n) is 3.46. The smallest absolute Gasteiger partial charge is 0.359 e. The van der Waals surface area contributed by atoms with Gasteiger partial charge in [-0.05, 0) is 25.3 Å². The number of esters is 1. The Balaban J connectivity index is 2.10. The first-order valence-electron chi connectivity index (χ1n) is 8.59. The second-order valence-electron chi connectivity index (χ2n) is 6.06. The van der Waals surface area contributed by atoms with Gasteiger partial charge in [-0.2, -0.15) is 0 Å². The molecule has 1 aliphatic rings. The van der Waals surface area contributed by atoms with Crippen molar-refractivity contribution in [3.63, 3.8) is 0 Å². The summed E-state index contributed by atoms with van der Waals surface area (Å²) in [4.78, 5) is 19.7. The molecule has 0 saturated heterocycles. The molecular weight excluding hydrogens is 318 g/mol. The van der Waals surface area contributed by atoms with Crippen molar-refractivity contribution in [1.29, 1.82) is 0 Å². The predicted octanol–water partition coefficient (Wildman–Crippen LogP) is 4.52. The maximum atomic E-state index is 12.4. The SMILES string of the molecule is CCOC(=O)c1ncn([C@H]2CCCC[C@H]2N=[N+]=[N-])c1-c1ccccc1. The molecule has 7 heteroatoms. The van der Waals surface area contributed by atoms with E-state index in [0.717, 1.165) is 36.9 Å². The third-order valence-corrected chi connectivity index (χ3v) is 4.56. The normalized spacial score (nSPS) is 19.9. The standard InChI is InChI=1S/C18H21N5O2/c1-2-25-18(24)16-17(13-8-4-3-5-9-13)23(12-20-16)15-11-7-6-10-14(15)21-22-19/h3-5,8-9,12,14-15H,2,6-7,10-11H2,1H3/t14-,15+/m1/s1. The summed E-state index contributed by atoms with van der Waals surface area (Å²) in [6.07, 6.45) is 5.51. The molecule has 0 spiro atoms. The van der Waals surface area contributed by atoms with E-state index in [2.05, 4.69) is 15.0 Å². The maximum absolute atomic E-state index is 12.4. The minimum atomic E-state index is -0.434. The number of rotatable bonds is 5. The van der Waals surface area contributed by atoms with E-state index in [4.69, 9.17) is 10.3 Å². The number of benzene rings is 1. The second kappa shape index (κ2) is 7.85. The molecule has 2 atom stereocenters. The van der Waals surface area contributed by atoms with Gasteiger partial charge in [0.1, 0.15) is 0 Å². The highest BCUT2D eigenvalue weighted by atomic mass is 16.5. The highest BCUT2D eigenvalue weighted by Crippen LogP contribution is 2.36. The monoisotopic (exact) mass is 339 g/mol. The van der Waals surface area contributed by atoms with Gasteiger partial charge < -0.3 is 9.30 Å². The summed E-state index contributed by atoms with van der Waals surface area (Å²) in [7, 11) is 0. The molecule has 1 heterocycles. The highest BCUT2D eigenvalue weighted by Gasteiger charge is 2.30. The Morgan fingerprint density at radius 2 is 2.12 bits per heavy atom. The summed E-state index contributed by atoms with van der Waals surface area (Å²) in [6, 6.07) is 9.53. The van der Waals surface area contributed by atoms with E-state index in [0.29, 0.717) is 12.3 Å². The van der Waals surface area contributed by atoms with Gasteiger partial charge in [-0.15, -0.1) is 0 Å². The molecule has 7 nitrogen and oxygen atoms in total. The molecular formula is C18H21N5O2. The maximum Gasteiger partial charge on any atom is 0.359 e. The van der Waals surface area contributed by atoms with Crippen molar-refractivity contribution >= 4 is 5.97 Å². The molecule has 0 unspecified atom stereocenters. The first-order chi connectivity index (χ1) is 12.3. The van der Waals surface area contributed by atoms with Crippen LogP contribution in [0.4, 0.5) is 0 Å². The van der Waals surface area contributed by atoms with Crippen LogP contribution in [0.5, 0.6) is 0 Å². The summed E-state index contributed by atoms with van der Waals surface area (Å²) < 4.78 is 7.15. The zero-order valence-electron chi connectivity index (χ0n) is 14.2. The van der Waals surface area contributed by atoms with Gasteiger partial charge >= 0.3 is 5.97 Å². The van der Waals surface area contributed by atoms with Gasteiger partial charge in [0, 0.05) is 16.5 Å². The van der Waals surface area contributed by atoms with Crippen LogP contribution >= 0.6 is 0 Å². The fourth-order valence-corrected chi connectivity index (χ4v) is 3.46. The lowest BCUT2D eigenvalue weighted by Crippen LogP contribution is -2.26. The summed E-state index contributed by atoms with van der Waals surface area (Å²) in [5.41, 5.74) is 10.8. The zero-order chi connectivity index (χ0) is 17.6. The Hall–Kier alpha value is -2.79. The summed E-state index contributed by atoms with van der Waals surface area (Å²) in [6.45, 7) is 2.07. The van der Waals surface area contributed by atoms with Crippen LogP contribution in [0.3, 0.4) is 0 Å². The lowest BCUT2D eigenvalue weighted by atomic mass is 9.90. The van der Waals surface area contributed by atoms with Gasteiger partial charge in [0.25, 0.3) is 0 Å². The van der Waals surface area contributed by atoms with Crippen molar-refractivity contribution in [1.82, 2.24) is 9.55 Å². The molecule has 2 aromatic rings. The van der Waals surface area contributed by atoms with Crippen LogP contribution in [0, 0.1) is 0 Å².